The second-order valence-electron chi connectivity index (χ2n) is 2.27. The standard InChI is InChI=1S/C9H13N.2ClH/c1-2-10-8-9-6-4-3-5-7-9;;/h3-7,10H,2,8H2,1H3;2*1H. The molecule has 1 aromatic rings. The van der Waals surface area contributed by atoms with E-state index in [1.165, 1.54) is 5.56 Å². The molecule has 12 heavy (non-hydrogen) atoms. The van der Waals surface area contributed by atoms with Crippen LogP contribution in [0.15, 0.2) is 30.3 Å². The van der Waals surface area contributed by atoms with Gasteiger partial charge < -0.3 is 5.32 Å². The molecule has 0 aliphatic carbocycles. The van der Waals surface area contributed by atoms with Crippen LogP contribution in [0.25, 0.3) is 0 Å². The van der Waals surface area contributed by atoms with Crippen molar-refractivity contribution in [1.29, 1.82) is 0 Å². The normalized spacial score (nSPS) is 8.08. The third kappa shape index (κ3) is 5.42. The summed E-state index contributed by atoms with van der Waals surface area (Å²) in [5.41, 5.74) is 1.35. The van der Waals surface area contributed by atoms with Gasteiger partial charge in [0.2, 0.25) is 0 Å². The Labute approximate surface area is 86.4 Å². The molecule has 3 heteroatoms. The number of halogens is 2. The summed E-state index contributed by atoms with van der Waals surface area (Å²) in [4.78, 5) is 0. The summed E-state index contributed by atoms with van der Waals surface area (Å²) in [6, 6.07) is 10.4. The summed E-state index contributed by atoms with van der Waals surface area (Å²) in [6.45, 7) is 4.13. The highest BCUT2D eigenvalue weighted by molar-refractivity contribution is 5.85. The number of nitrogens with one attached hydrogen (secondary N) is 1. The second kappa shape index (κ2) is 8.85. The van der Waals surface area contributed by atoms with E-state index in [4.69, 9.17) is 0 Å². The van der Waals surface area contributed by atoms with Crippen LogP contribution < -0.4 is 5.32 Å². The predicted molar refractivity (Wildman–Crippen MR) is 58.3 cm³/mol. The first-order valence-electron chi connectivity index (χ1n) is 3.68. The summed E-state index contributed by atoms with van der Waals surface area (Å²) in [5, 5.41) is 3.26. The summed E-state index contributed by atoms with van der Waals surface area (Å²) in [5.74, 6) is 0. The lowest BCUT2D eigenvalue weighted by Crippen LogP contribution is -2.11. The third-order valence-corrected chi connectivity index (χ3v) is 1.42. The van der Waals surface area contributed by atoms with Crippen LogP contribution in [0.1, 0.15) is 12.5 Å². The van der Waals surface area contributed by atoms with Crippen LogP contribution in [0, 0.1) is 0 Å². The molecule has 0 saturated heterocycles. The molecule has 0 fully saturated rings. The maximum Gasteiger partial charge on any atom is 0.0205 e. The van der Waals surface area contributed by atoms with Gasteiger partial charge in [-0.15, -0.1) is 24.8 Å². The summed E-state index contributed by atoms with van der Waals surface area (Å²) < 4.78 is 0. The molecule has 0 atom stereocenters. The maximum absolute atomic E-state index is 3.26. The van der Waals surface area contributed by atoms with E-state index in [0.29, 0.717) is 0 Å². The van der Waals surface area contributed by atoms with Gasteiger partial charge in [-0.2, -0.15) is 0 Å². The lowest BCUT2D eigenvalue weighted by Gasteiger charge is -1.99. The molecule has 0 heterocycles. The minimum absolute atomic E-state index is 0. The van der Waals surface area contributed by atoms with Gasteiger partial charge >= 0.3 is 0 Å². The zero-order valence-electron chi connectivity index (χ0n) is 7.12. The molecular weight excluding hydrogens is 193 g/mol. The molecule has 0 unspecified atom stereocenters. The molecule has 1 N–H and O–H groups in total. The summed E-state index contributed by atoms with van der Waals surface area (Å²) in [7, 11) is 0. The Morgan fingerprint density at radius 1 is 1.08 bits per heavy atom. The molecule has 0 radical (unpaired) electrons. The SMILES string of the molecule is CCNCc1ccccc1.Cl.Cl. The van der Waals surface area contributed by atoms with Crippen molar-refractivity contribution in [1.82, 2.24) is 5.32 Å². The van der Waals surface area contributed by atoms with Crippen LogP contribution in [0.5, 0.6) is 0 Å². The van der Waals surface area contributed by atoms with Gasteiger partial charge in [0.25, 0.3) is 0 Å². The van der Waals surface area contributed by atoms with Crippen molar-refractivity contribution in [2.45, 2.75) is 13.5 Å². The van der Waals surface area contributed by atoms with Gasteiger partial charge in [-0.3, -0.25) is 0 Å². The summed E-state index contributed by atoms with van der Waals surface area (Å²) in [6.07, 6.45) is 0. The fraction of sp³-hybridized carbons (Fsp3) is 0.333. The first kappa shape index (κ1) is 14.3. The Balaban J connectivity index is 0. The number of benzene rings is 1. The monoisotopic (exact) mass is 207 g/mol. The lowest BCUT2D eigenvalue weighted by molar-refractivity contribution is 0.727. The van der Waals surface area contributed by atoms with Gasteiger partial charge in [0.1, 0.15) is 0 Å². The molecule has 1 rings (SSSR count). The quantitative estimate of drug-likeness (QED) is 0.805. The van der Waals surface area contributed by atoms with E-state index in [1.54, 1.807) is 0 Å². The first-order chi connectivity index (χ1) is 4.93. The minimum Gasteiger partial charge on any atom is -0.313 e. The van der Waals surface area contributed by atoms with Crippen LogP contribution >= 0.6 is 24.8 Å². The largest absolute Gasteiger partial charge is 0.313 e. The number of rotatable bonds is 3. The Kier molecular flexibility index (Phi) is 10.5. The smallest absolute Gasteiger partial charge is 0.0205 e. The Hall–Kier alpha value is -0.240. The highest BCUT2D eigenvalue weighted by Gasteiger charge is 1.85. The molecule has 0 bridgehead atoms. The van der Waals surface area contributed by atoms with E-state index in [2.05, 4.69) is 36.5 Å². The minimum atomic E-state index is 0. The van der Waals surface area contributed by atoms with Crippen molar-refractivity contribution < 1.29 is 0 Å². The van der Waals surface area contributed by atoms with Crippen LogP contribution in [-0.4, -0.2) is 6.54 Å². The van der Waals surface area contributed by atoms with Gasteiger partial charge in [0, 0.05) is 6.54 Å². The maximum atomic E-state index is 3.26. The van der Waals surface area contributed by atoms with Gasteiger partial charge in [0.05, 0.1) is 0 Å². The van der Waals surface area contributed by atoms with E-state index in [9.17, 15) is 0 Å². The molecule has 1 aromatic carbocycles. The van der Waals surface area contributed by atoms with Crippen LogP contribution in [0.2, 0.25) is 0 Å². The van der Waals surface area contributed by atoms with Crippen LogP contribution in [0.4, 0.5) is 0 Å². The van der Waals surface area contributed by atoms with Gasteiger partial charge in [0.15, 0.2) is 0 Å². The predicted octanol–water partition coefficient (Wildman–Crippen LogP) is 2.64. The number of hydrogen-bond donors (Lipinski definition) is 1. The van der Waals surface area contributed by atoms with Crippen molar-refractivity contribution in [3.8, 4) is 0 Å². The lowest BCUT2D eigenvalue weighted by atomic mass is 10.2. The highest BCUT2D eigenvalue weighted by atomic mass is 35.5. The Morgan fingerprint density at radius 2 is 1.67 bits per heavy atom. The average Bonchev–Trinajstić information content (AvgIpc) is 2.03. The van der Waals surface area contributed by atoms with Gasteiger partial charge in [-0.1, -0.05) is 37.3 Å². The van der Waals surface area contributed by atoms with Gasteiger partial charge in [-0.25, -0.2) is 0 Å². The summed E-state index contributed by atoms with van der Waals surface area (Å²) >= 11 is 0. The van der Waals surface area contributed by atoms with E-state index < -0.39 is 0 Å². The van der Waals surface area contributed by atoms with Crippen molar-refractivity contribution in [2.75, 3.05) is 6.54 Å². The first-order valence-corrected chi connectivity index (χ1v) is 3.68. The third-order valence-electron chi connectivity index (χ3n) is 1.42. The average molecular weight is 208 g/mol. The molecular formula is C9H15Cl2N. The molecule has 0 aliphatic rings. The van der Waals surface area contributed by atoms with E-state index in [-0.39, 0.29) is 24.8 Å². The van der Waals surface area contributed by atoms with E-state index in [1.807, 2.05) is 6.07 Å². The van der Waals surface area contributed by atoms with Crippen molar-refractivity contribution >= 4 is 24.8 Å². The molecule has 0 amide bonds. The van der Waals surface area contributed by atoms with Crippen molar-refractivity contribution in [3.63, 3.8) is 0 Å². The van der Waals surface area contributed by atoms with Crippen LogP contribution in [0.3, 0.4) is 0 Å². The molecule has 1 nitrogen and oxygen atoms in total. The van der Waals surface area contributed by atoms with Crippen molar-refractivity contribution in [2.24, 2.45) is 0 Å². The molecule has 70 valence electrons. The molecule has 0 aromatic heterocycles. The highest BCUT2D eigenvalue weighted by Crippen LogP contribution is 1.96. The second-order valence-corrected chi connectivity index (χ2v) is 2.27. The zero-order chi connectivity index (χ0) is 7.23. The van der Waals surface area contributed by atoms with Crippen molar-refractivity contribution in [3.05, 3.63) is 35.9 Å². The zero-order valence-corrected chi connectivity index (χ0v) is 8.75. The number of hydrogen-bond acceptors (Lipinski definition) is 1. The Morgan fingerprint density at radius 3 is 2.17 bits per heavy atom. The molecule has 0 aliphatic heterocycles. The van der Waals surface area contributed by atoms with E-state index >= 15 is 0 Å². The topological polar surface area (TPSA) is 12.0 Å². The van der Waals surface area contributed by atoms with E-state index in [0.717, 1.165) is 13.1 Å². The fourth-order valence-electron chi connectivity index (χ4n) is 0.865. The molecule has 0 saturated carbocycles. The van der Waals surface area contributed by atoms with Crippen LogP contribution in [-0.2, 0) is 6.54 Å². The molecule has 0 spiro atoms. The van der Waals surface area contributed by atoms with Gasteiger partial charge in [-0.05, 0) is 12.1 Å². The Bertz CT molecular complexity index is 177. The fourth-order valence-corrected chi connectivity index (χ4v) is 0.865.